The van der Waals surface area contributed by atoms with Crippen molar-refractivity contribution in [3.8, 4) is 11.5 Å². The van der Waals surface area contributed by atoms with Crippen molar-refractivity contribution in [2.75, 3.05) is 19.8 Å². The molecule has 26 heavy (non-hydrogen) atoms. The van der Waals surface area contributed by atoms with Gasteiger partial charge in [0.25, 0.3) is 11.1 Å². The van der Waals surface area contributed by atoms with Gasteiger partial charge in [-0.25, -0.2) is 0 Å². The van der Waals surface area contributed by atoms with Crippen LogP contribution in [0.3, 0.4) is 0 Å². The maximum absolute atomic E-state index is 12.2. The molecule has 0 atom stereocenters. The van der Waals surface area contributed by atoms with Gasteiger partial charge in [0, 0.05) is 0 Å². The number of amides is 2. The molecule has 9 heteroatoms. The van der Waals surface area contributed by atoms with Crippen LogP contribution >= 0.6 is 34.4 Å². The largest absolute Gasteiger partial charge is 0.490 e. The van der Waals surface area contributed by atoms with Gasteiger partial charge in [-0.15, -0.1) is 0 Å². The summed E-state index contributed by atoms with van der Waals surface area (Å²) in [4.78, 5) is 35.7. The lowest BCUT2D eigenvalue weighted by Crippen LogP contribution is -2.33. The van der Waals surface area contributed by atoms with Crippen LogP contribution in [0, 0.1) is 3.57 Å². The van der Waals surface area contributed by atoms with E-state index < -0.39 is 23.7 Å². The number of hydrogen-bond acceptors (Lipinski definition) is 6. The summed E-state index contributed by atoms with van der Waals surface area (Å²) in [5.41, 5.74) is 0.643. The summed E-state index contributed by atoms with van der Waals surface area (Å²) in [6.45, 7) is 5.55. The van der Waals surface area contributed by atoms with Crippen LogP contribution in [0.25, 0.3) is 6.08 Å². The lowest BCUT2D eigenvalue weighted by Gasteiger charge is -2.14. The Hall–Kier alpha value is -2.01. The third kappa shape index (κ3) is 4.79. The monoisotopic (exact) mass is 489 g/mol. The van der Waals surface area contributed by atoms with Crippen LogP contribution in [-0.2, 0) is 9.59 Å². The van der Waals surface area contributed by atoms with E-state index in [1.807, 2.05) is 6.92 Å². The van der Waals surface area contributed by atoms with Crippen LogP contribution < -0.4 is 9.47 Å². The number of ether oxygens (including phenoxy) is 2. The number of thioether (sulfide) groups is 1. The molecule has 1 saturated heterocycles. The molecule has 1 N–H and O–H groups in total. The second kappa shape index (κ2) is 9.08. The molecular formula is C17H16INO6S. The molecule has 0 unspecified atom stereocenters. The topological polar surface area (TPSA) is 93.1 Å². The van der Waals surface area contributed by atoms with E-state index in [2.05, 4.69) is 29.2 Å². The van der Waals surface area contributed by atoms with E-state index in [4.69, 9.17) is 14.6 Å². The molecule has 0 bridgehead atoms. The minimum atomic E-state index is -1.24. The summed E-state index contributed by atoms with van der Waals surface area (Å²) in [7, 11) is 0. The molecular weight excluding hydrogens is 473 g/mol. The van der Waals surface area contributed by atoms with E-state index in [9.17, 15) is 14.4 Å². The van der Waals surface area contributed by atoms with Crippen LogP contribution in [0.15, 0.2) is 29.7 Å². The number of benzene rings is 1. The Morgan fingerprint density at radius 2 is 2.12 bits per heavy atom. The Labute approximate surface area is 168 Å². The van der Waals surface area contributed by atoms with Crippen LogP contribution in [-0.4, -0.2) is 46.9 Å². The standard InChI is InChI=1S/C17H16INO6S/c1-3-5-25-15-11(18)6-10(7-12(15)24-4-2)8-13-16(22)19(9-14(20)21)17(23)26-13/h3,6-8H,1,4-5,9H2,2H3,(H,20,21)/b13-8+. The lowest BCUT2D eigenvalue weighted by molar-refractivity contribution is -0.140. The van der Waals surface area contributed by atoms with Crippen LogP contribution in [0.5, 0.6) is 11.5 Å². The van der Waals surface area contributed by atoms with Crippen molar-refractivity contribution in [1.29, 1.82) is 0 Å². The summed E-state index contributed by atoms with van der Waals surface area (Å²) >= 11 is 2.80. The molecule has 1 aliphatic heterocycles. The molecule has 0 spiro atoms. The summed E-state index contributed by atoms with van der Waals surface area (Å²) in [5, 5.41) is 8.20. The maximum atomic E-state index is 12.2. The highest BCUT2D eigenvalue weighted by atomic mass is 127. The van der Waals surface area contributed by atoms with Gasteiger partial charge in [0.05, 0.1) is 15.1 Å². The summed E-state index contributed by atoms with van der Waals surface area (Å²) in [6.07, 6.45) is 3.16. The van der Waals surface area contributed by atoms with Gasteiger partial charge in [-0.1, -0.05) is 12.7 Å². The number of halogens is 1. The second-order valence-corrected chi connectivity index (χ2v) is 7.18. The van der Waals surface area contributed by atoms with Crippen LogP contribution in [0.2, 0.25) is 0 Å². The van der Waals surface area contributed by atoms with Crippen molar-refractivity contribution in [1.82, 2.24) is 4.90 Å². The Balaban J connectivity index is 2.35. The molecule has 0 aliphatic carbocycles. The zero-order chi connectivity index (χ0) is 19.3. The first-order valence-corrected chi connectivity index (χ1v) is 9.44. The highest BCUT2D eigenvalue weighted by Gasteiger charge is 2.36. The molecule has 2 amide bonds. The van der Waals surface area contributed by atoms with E-state index >= 15 is 0 Å². The Morgan fingerprint density at radius 3 is 2.73 bits per heavy atom. The normalized spacial score (nSPS) is 15.5. The molecule has 2 rings (SSSR count). The Bertz CT molecular complexity index is 792. The average Bonchev–Trinajstić information content (AvgIpc) is 2.81. The van der Waals surface area contributed by atoms with Crippen molar-refractivity contribution < 1.29 is 29.0 Å². The minimum absolute atomic E-state index is 0.161. The van der Waals surface area contributed by atoms with E-state index in [1.54, 1.807) is 18.2 Å². The smallest absolute Gasteiger partial charge is 0.323 e. The zero-order valence-corrected chi connectivity index (χ0v) is 16.8. The molecule has 1 aromatic carbocycles. The second-order valence-electron chi connectivity index (χ2n) is 5.02. The lowest BCUT2D eigenvalue weighted by atomic mass is 10.2. The Kier molecular flexibility index (Phi) is 7.09. The van der Waals surface area contributed by atoms with Crippen molar-refractivity contribution in [2.24, 2.45) is 0 Å². The highest BCUT2D eigenvalue weighted by Crippen LogP contribution is 2.37. The van der Waals surface area contributed by atoms with Gasteiger partial charge in [0.1, 0.15) is 13.2 Å². The van der Waals surface area contributed by atoms with Gasteiger partial charge in [0.15, 0.2) is 11.5 Å². The summed E-state index contributed by atoms with van der Waals surface area (Å²) < 4.78 is 12.0. The van der Waals surface area contributed by atoms with Gasteiger partial charge in [0.2, 0.25) is 0 Å². The molecule has 1 heterocycles. The predicted molar refractivity (Wildman–Crippen MR) is 106 cm³/mol. The van der Waals surface area contributed by atoms with Crippen molar-refractivity contribution in [3.05, 3.63) is 38.8 Å². The first-order valence-electron chi connectivity index (χ1n) is 7.54. The summed E-state index contributed by atoms with van der Waals surface area (Å²) in [6, 6.07) is 3.49. The first kappa shape index (κ1) is 20.3. The molecule has 138 valence electrons. The predicted octanol–water partition coefficient (Wildman–Crippen LogP) is 3.38. The number of carboxylic acid groups (broad SMARTS) is 1. The zero-order valence-electron chi connectivity index (χ0n) is 13.9. The van der Waals surface area contributed by atoms with E-state index in [-0.39, 0.29) is 4.91 Å². The number of nitrogens with zero attached hydrogens (tertiary/aromatic N) is 1. The Morgan fingerprint density at radius 1 is 1.38 bits per heavy atom. The molecule has 0 aromatic heterocycles. The molecule has 7 nitrogen and oxygen atoms in total. The van der Waals surface area contributed by atoms with Crippen LogP contribution in [0.4, 0.5) is 4.79 Å². The van der Waals surface area contributed by atoms with Gasteiger partial charge >= 0.3 is 5.97 Å². The van der Waals surface area contributed by atoms with Crippen molar-refractivity contribution in [3.63, 3.8) is 0 Å². The number of hydrogen-bond donors (Lipinski definition) is 1. The molecule has 1 aromatic rings. The summed E-state index contributed by atoms with van der Waals surface area (Å²) in [5.74, 6) is -0.784. The van der Waals surface area contributed by atoms with Gasteiger partial charge in [-0.3, -0.25) is 19.3 Å². The number of carbonyl (C=O) groups is 3. The van der Waals surface area contributed by atoms with Gasteiger partial charge < -0.3 is 14.6 Å². The SMILES string of the molecule is C=CCOc1c(I)cc(/C=C2/SC(=O)N(CC(=O)O)C2=O)cc1OCC. The molecule has 0 radical (unpaired) electrons. The maximum Gasteiger partial charge on any atom is 0.323 e. The number of aliphatic carboxylic acids is 1. The van der Waals surface area contributed by atoms with Crippen LogP contribution in [0.1, 0.15) is 12.5 Å². The third-order valence-corrected chi connectivity index (χ3v) is 4.85. The fraction of sp³-hybridized carbons (Fsp3) is 0.235. The fourth-order valence-electron chi connectivity index (χ4n) is 2.14. The fourth-order valence-corrected chi connectivity index (χ4v) is 3.76. The number of imide groups is 1. The quantitative estimate of drug-likeness (QED) is 0.340. The van der Waals surface area contributed by atoms with E-state index in [0.29, 0.717) is 46.9 Å². The van der Waals surface area contributed by atoms with Crippen molar-refractivity contribution in [2.45, 2.75) is 6.92 Å². The molecule has 1 fully saturated rings. The third-order valence-electron chi connectivity index (χ3n) is 3.14. The molecule has 0 saturated carbocycles. The van der Waals surface area contributed by atoms with E-state index in [1.165, 1.54) is 6.08 Å². The van der Waals surface area contributed by atoms with E-state index in [0.717, 1.165) is 3.57 Å². The average molecular weight is 489 g/mol. The number of carbonyl (C=O) groups excluding carboxylic acids is 2. The van der Waals surface area contributed by atoms with Gasteiger partial charge in [-0.2, -0.15) is 0 Å². The first-order chi connectivity index (χ1) is 12.4. The van der Waals surface area contributed by atoms with Crippen molar-refractivity contribution >= 4 is 57.5 Å². The highest BCUT2D eigenvalue weighted by molar-refractivity contribution is 14.1. The van der Waals surface area contributed by atoms with Gasteiger partial charge in [-0.05, 0) is 65.0 Å². The number of rotatable bonds is 8. The minimum Gasteiger partial charge on any atom is -0.490 e. The number of carboxylic acids is 1. The molecule has 1 aliphatic rings.